The van der Waals surface area contributed by atoms with Crippen LogP contribution in [0, 0.1) is 13.8 Å². The van der Waals surface area contributed by atoms with Gasteiger partial charge in [0.2, 0.25) is 5.91 Å². The minimum absolute atomic E-state index is 0.190. The average Bonchev–Trinajstić information content (AvgIpc) is 3.15. The highest BCUT2D eigenvalue weighted by Crippen LogP contribution is 2.36. The number of ether oxygens (including phenoxy) is 2. The lowest BCUT2D eigenvalue weighted by atomic mass is 10.0. The second-order valence-electron chi connectivity index (χ2n) is 7.70. The largest absolute Gasteiger partial charge is 0.495 e. The Morgan fingerprint density at radius 2 is 1.94 bits per heavy atom. The highest BCUT2D eigenvalue weighted by Gasteiger charge is 2.18. The molecule has 9 heteroatoms. The number of rotatable bonds is 7. The third kappa shape index (κ3) is 4.64. The van der Waals surface area contributed by atoms with E-state index in [1.807, 2.05) is 45.0 Å². The van der Waals surface area contributed by atoms with Gasteiger partial charge < -0.3 is 14.8 Å². The average molecular weight is 498 g/mol. The lowest BCUT2D eigenvalue weighted by Gasteiger charge is -2.13. The summed E-state index contributed by atoms with van der Waals surface area (Å²) in [6, 6.07) is 11.0. The predicted molar refractivity (Wildman–Crippen MR) is 137 cm³/mol. The van der Waals surface area contributed by atoms with Crippen LogP contribution in [-0.4, -0.2) is 29.2 Å². The van der Waals surface area contributed by atoms with Crippen LogP contribution in [0.25, 0.3) is 21.3 Å². The van der Waals surface area contributed by atoms with E-state index in [9.17, 15) is 9.59 Å². The summed E-state index contributed by atoms with van der Waals surface area (Å²) in [5, 5.41) is 3.84. The minimum atomic E-state index is -0.377. The topological polar surface area (TPSA) is 82.5 Å². The van der Waals surface area contributed by atoms with Gasteiger partial charge in [0.15, 0.2) is 0 Å². The molecule has 1 N–H and O–H groups in total. The molecule has 7 nitrogen and oxygen atoms in total. The summed E-state index contributed by atoms with van der Waals surface area (Å²) in [4.78, 5) is 32.3. The zero-order chi connectivity index (χ0) is 24.4. The smallest absolute Gasteiger partial charge is 0.263 e. The van der Waals surface area contributed by atoms with Crippen LogP contribution in [0.2, 0.25) is 5.02 Å². The maximum absolute atomic E-state index is 13.4. The van der Waals surface area contributed by atoms with Crippen molar-refractivity contribution in [2.45, 2.75) is 27.3 Å². The number of methoxy groups -OCH3 is 1. The third-order valence-corrected chi connectivity index (χ3v) is 6.80. The van der Waals surface area contributed by atoms with Crippen LogP contribution in [0.15, 0.2) is 47.5 Å². The maximum Gasteiger partial charge on any atom is 0.263 e. The normalized spacial score (nSPS) is 11.0. The Hall–Kier alpha value is -3.36. The van der Waals surface area contributed by atoms with Crippen molar-refractivity contribution < 1.29 is 14.3 Å². The second-order valence-corrected chi connectivity index (χ2v) is 9.31. The molecule has 2 aromatic heterocycles. The Bertz CT molecular complexity index is 1430. The lowest BCUT2D eigenvalue weighted by Crippen LogP contribution is -2.28. The molecule has 0 bridgehead atoms. The van der Waals surface area contributed by atoms with Crippen LogP contribution in [0.4, 0.5) is 5.69 Å². The van der Waals surface area contributed by atoms with E-state index in [1.54, 1.807) is 12.1 Å². The molecule has 0 unspecified atom stereocenters. The summed E-state index contributed by atoms with van der Waals surface area (Å²) in [5.41, 5.74) is 2.73. The number of thiophene rings is 1. The number of fused-ring (bicyclic) bond motifs is 1. The first-order valence-corrected chi connectivity index (χ1v) is 11.9. The van der Waals surface area contributed by atoms with Gasteiger partial charge in [-0.25, -0.2) is 4.98 Å². The van der Waals surface area contributed by atoms with Gasteiger partial charge >= 0.3 is 0 Å². The van der Waals surface area contributed by atoms with E-state index < -0.39 is 0 Å². The van der Waals surface area contributed by atoms with Crippen molar-refractivity contribution in [3.63, 3.8) is 0 Å². The van der Waals surface area contributed by atoms with Gasteiger partial charge in [0.05, 0.1) is 31.1 Å². The van der Waals surface area contributed by atoms with E-state index in [-0.39, 0.29) is 18.0 Å². The number of nitrogens with one attached hydrogen (secondary N) is 1. The molecule has 0 radical (unpaired) electrons. The van der Waals surface area contributed by atoms with Gasteiger partial charge in [-0.3, -0.25) is 14.2 Å². The molecular formula is C25H24ClN3O4S. The van der Waals surface area contributed by atoms with Crippen LogP contribution in [-0.2, 0) is 11.3 Å². The molecule has 1 amide bonds. The number of hydrogen-bond donors (Lipinski definition) is 1. The van der Waals surface area contributed by atoms with Crippen molar-refractivity contribution in [2.75, 3.05) is 19.0 Å². The molecule has 0 aliphatic carbocycles. The number of hydrogen-bond acceptors (Lipinski definition) is 6. The molecule has 4 rings (SSSR count). The first kappa shape index (κ1) is 23.8. The third-order valence-electron chi connectivity index (χ3n) is 5.38. The summed E-state index contributed by atoms with van der Waals surface area (Å²) in [7, 11) is 1.50. The number of carbonyl (C=O) groups excluding carboxylic acids is 1. The maximum atomic E-state index is 13.4. The molecule has 0 saturated carbocycles. The van der Waals surface area contributed by atoms with Crippen LogP contribution in [0.5, 0.6) is 11.5 Å². The number of nitrogens with zero attached hydrogens (tertiary/aromatic N) is 2. The van der Waals surface area contributed by atoms with E-state index in [0.29, 0.717) is 33.3 Å². The fourth-order valence-electron chi connectivity index (χ4n) is 3.76. The number of anilines is 1. The molecule has 34 heavy (non-hydrogen) atoms. The van der Waals surface area contributed by atoms with Crippen molar-refractivity contribution in [3.05, 3.63) is 68.5 Å². The van der Waals surface area contributed by atoms with Crippen LogP contribution >= 0.6 is 22.9 Å². The summed E-state index contributed by atoms with van der Waals surface area (Å²) >= 11 is 7.60. The quantitative estimate of drug-likeness (QED) is 0.367. The molecule has 0 fully saturated rings. The molecule has 0 saturated heterocycles. The molecule has 2 heterocycles. The summed E-state index contributed by atoms with van der Waals surface area (Å²) in [5.74, 6) is 0.831. The van der Waals surface area contributed by atoms with Gasteiger partial charge in [-0.2, -0.15) is 0 Å². The number of halogens is 1. The second kappa shape index (κ2) is 9.87. The number of aromatic nitrogens is 2. The van der Waals surface area contributed by atoms with Gasteiger partial charge in [-0.1, -0.05) is 23.7 Å². The molecule has 0 spiro atoms. The van der Waals surface area contributed by atoms with Crippen molar-refractivity contribution in [2.24, 2.45) is 0 Å². The van der Waals surface area contributed by atoms with Crippen LogP contribution in [0.1, 0.15) is 17.4 Å². The fraction of sp³-hybridized carbons (Fsp3) is 0.240. The molecular weight excluding hydrogens is 474 g/mol. The SMILES string of the molecule is CCOc1ccc(-c2c(C)sc3ncn(CC(=O)Nc4cc(C)c(Cl)cc4OC)c(=O)c23)cc1. The van der Waals surface area contributed by atoms with Crippen molar-refractivity contribution in [1.29, 1.82) is 0 Å². The first-order valence-electron chi connectivity index (χ1n) is 10.7. The molecule has 2 aromatic carbocycles. The van der Waals surface area contributed by atoms with Gasteiger partial charge in [0, 0.05) is 21.5 Å². The van der Waals surface area contributed by atoms with Crippen molar-refractivity contribution >= 4 is 44.7 Å². The van der Waals surface area contributed by atoms with Gasteiger partial charge in [0.25, 0.3) is 5.56 Å². The van der Waals surface area contributed by atoms with Crippen LogP contribution in [0.3, 0.4) is 0 Å². The number of benzene rings is 2. The number of amides is 1. The Balaban J connectivity index is 1.66. The Morgan fingerprint density at radius 3 is 2.62 bits per heavy atom. The Kier molecular flexibility index (Phi) is 6.90. The number of carbonyl (C=O) groups is 1. The Labute approximate surface area is 205 Å². The van der Waals surface area contributed by atoms with E-state index in [4.69, 9.17) is 21.1 Å². The molecule has 0 aliphatic rings. The number of aryl methyl sites for hydroxylation is 2. The monoisotopic (exact) mass is 497 g/mol. The predicted octanol–water partition coefficient (Wildman–Crippen LogP) is 5.44. The Morgan fingerprint density at radius 1 is 1.21 bits per heavy atom. The molecule has 176 valence electrons. The molecule has 0 atom stereocenters. The summed E-state index contributed by atoms with van der Waals surface area (Å²) in [6.07, 6.45) is 1.41. The van der Waals surface area contributed by atoms with Gasteiger partial charge in [0.1, 0.15) is 22.9 Å². The minimum Gasteiger partial charge on any atom is -0.495 e. The van der Waals surface area contributed by atoms with E-state index in [0.717, 1.165) is 27.3 Å². The lowest BCUT2D eigenvalue weighted by molar-refractivity contribution is -0.116. The highest BCUT2D eigenvalue weighted by molar-refractivity contribution is 7.19. The fourth-order valence-corrected chi connectivity index (χ4v) is 4.91. The molecule has 4 aromatic rings. The standard InChI is InChI=1S/C25H24ClN3O4S/c1-5-33-17-8-6-16(7-9-17)22-15(3)34-24-23(22)25(31)29(13-27-24)12-21(30)28-19-10-14(2)18(26)11-20(19)32-4/h6-11,13H,5,12H2,1-4H3,(H,28,30). The zero-order valence-corrected chi connectivity index (χ0v) is 20.8. The van der Waals surface area contributed by atoms with Gasteiger partial charge in [-0.05, 0) is 50.1 Å². The van der Waals surface area contributed by atoms with Gasteiger partial charge in [-0.15, -0.1) is 11.3 Å². The van der Waals surface area contributed by atoms with E-state index in [1.165, 1.54) is 29.3 Å². The highest BCUT2D eigenvalue weighted by atomic mass is 35.5. The van der Waals surface area contributed by atoms with E-state index in [2.05, 4.69) is 10.3 Å². The van der Waals surface area contributed by atoms with Crippen molar-refractivity contribution in [3.8, 4) is 22.6 Å². The zero-order valence-electron chi connectivity index (χ0n) is 19.3. The summed E-state index contributed by atoms with van der Waals surface area (Å²) in [6.45, 7) is 6.12. The van der Waals surface area contributed by atoms with E-state index >= 15 is 0 Å². The molecule has 0 aliphatic heterocycles. The van der Waals surface area contributed by atoms with Crippen molar-refractivity contribution in [1.82, 2.24) is 9.55 Å². The van der Waals surface area contributed by atoms with Crippen LogP contribution < -0.4 is 20.3 Å². The first-order chi connectivity index (χ1) is 16.3. The summed E-state index contributed by atoms with van der Waals surface area (Å²) < 4.78 is 12.2.